The lowest BCUT2D eigenvalue weighted by molar-refractivity contribution is -0.301. The first-order valence-electron chi connectivity index (χ1n) is 28.5. The molecule has 6 unspecified atom stereocenters. The summed E-state index contributed by atoms with van der Waals surface area (Å²) >= 11 is 0. The van der Waals surface area contributed by atoms with Crippen LogP contribution in [0.5, 0.6) is 0 Å². The van der Waals surface area contributed by atoms with E-state index < -0.39 is 67.3 Å². The lowest BCUT2D eigenvalue weighted by Gasteiger charge is -2.40. The van der Waals surface area contributed by atoms with Crippen molar-refractivity contribution in [1.82, 2.24) is 0 Å². The maximum absolute atomic E-state index is 13.1. The van der Waals surface area contributed by atoms with E-state index in [0.717, 1.165) is 116 Å². The smallest absolute Gasteiger partial charge is 0.335 e. The van der Waals surface area contributed by atoms with Crippen molar-refractivity contribution < 1.29 is 58.2 Å². The van der Waals surface area contributed by atoms with Crippen LogP contribution in [0, 0.1) is 0 Å². The van der Waals surface area contributed by atoms with Gasteiger partial charge in [-0.05, 0) is 116 Å². The number of carboxylic acids is 1. The van der Waals surface area contributed by atoms with Crippen LogP contribution in [0.15, 0.2) is 122 Å². The monoisotopic (exact) mass is 1050 g/mol. The van der Waals surface area contributed by atoms with E-state index in [4.69, 9.17) is 23.7 Å². The molecule has 0 aromatic carbocycles. The number of aliphatic hydroxyl groups excluding tert-OH is 2. The molecule has 0 saturated carbocycles. The van der Waals surface area contributed by atoms with Gasteiger partial charge in [-0.2, -0.15) is 0 Å². The quantitative estimate of drug-likeness (QED) is 0.0228. The largest absolute Gasteiger partial charge is 0.479 e. The average Bonchev–Trinajstić information content (AvgIpc) is 3.39. The first kappa shape index (κ1) is 68.1. The molecular formula is C63H98O12. The van der Waals surface area contributed by atoms with E-state index in [0.29, 0.717) is 25.7 Å². The van der Waals surface area contributed by atoms with E-state index in [2.05, 4.69) is 124 Å². The zero-order valence-corrected chi connectivity index (χ0v) is 46.2. The summed E-state index contributed by atoms with van der Waals surface area (Å²) in [6.07, 6.45) is 56.1. The Morgan fingerprint density at radius 2 is 0.867 bits per heavy atom. The molecule has 6 atom stereocenters. The summed E-state index contributed by atoms with van der Waals surface area (Å²) in [5.41, 5.74) is 0. The van der Waals surface area contributed by atoms with Crippen LogP contribution in [-0.4, -0.2) is 89.2 Å². The summed E-state index contributed by atoms with van der Waals surface area (Å²) in [5, 5.41) is 31.4. The Hall–Kier alpha value is -4.88. The Balaban J connectivity index is 2.78. The molecule has 0 spiro atoms. The third kappa shape index (κ3) is 40.1. The normalized spacial score (nSPS) is 19.1. The molecule has 0 amide bonds. The Morgan fingerprint density at radius 1 is 0.453 bits per heavy atom. The number of unbranched alkanes of at least 4 members (excludes halogenated alkanes) is 12. The predicted octanol–water partition coefficient (Wildman–Crippen LogP) is 14.4. The summed E-state index contributed by atoms with van der Waals surface area (Å²) < 4.78 is 28.3. The molecule has 1 saturated heterocycles. The van der Waals surface area contributed by atoms with Gasteiger partial charge in [0.15, 0.2) is 24.6 Å². The number of allylic oxidation sites excluding steroid dienone is 20. The van der Waals surface area contributed by atoms with E-state index in [1.54, 1.807) is 0 Å². The molecule has 1 rings (SSSR count). The third-order valence-corrected chi connectivity index (χ3v) is 12.0. The van der Waals surface area contributed by atoms with Crippen molar-refractivity contribution in [2.75, 3.05) is 13.2 Å². The van der Waals surface area contributed by atoms with Crippen molar-refractivity contribution in [3.05, 3.63) is 122 Å². The zero-order valence-electron chi connectivity index (χ0n) is 46.2. The van der Waals surface area contributed by atoms with E-state index >= 15 is 0 Å². The molecule has 0 aromatic rings. The molecule has 12 nitrogen and oxygen atoms in total. The molecule has 1 fully saturated rings. The number of carbonyl (C=O) groups excluding carboxylic acids is 3. The van der Waals surface area contributed by atoms with Gasteiger partial charge in [-0.1, -0.05) is 187 Å². The van der Waals surface area contributed by atoms with Crippen molar-refractivity contribution in [2.24, 2.45) is 0 Å². The highest BCUT2D eigenvalue weighted by molar-refractivity contribution is 5.74. The highest BCUT2D eigenvalue weighted by atomic mass is 16.7. The highest BCUT2D eigenvalue weighted by Gasteiger charge is 2.50. The minimum Gasteiger partial charge on any atom is -0.479 e. The minimum absolute atomic E-state index is 0.0712. The van der Waals surface area contributed by atoms with Gasteiger partial charge in [0.25, 0.3) is 0 Å². The Bertz CT molecular complexity index is 1770. The Kier molecular flexibility index (Phi) is 45.4. The van der Waals surface area contributed by atoms with E-state index in [9.17, 15) is 34.5 Å². The second kappa shape index (κ2) is 50.0. The SMILES string of the molecule is CC/C=C\C/C=C\C/C=C\C/C=C\CCCCCCC(=O)OCC(COC1OC(C(=O)O)C(O)C(O)C1OC(=O)CC/C=C\C/C=C\C/C=C\C/C=C\CC)OC(=O)CCCCCCC/C=C\C/C=C\CCCCC. The molecule has 422 valence electrons. The van der Waals surface area contributed by atoms with Crippen LogP contribution in [0.4, 0.5) is 0 Å². The molecular weight excluding hydrogens is 949 g/mol. The van der Waals surface area contributed by atoms with Crippen molar-refractivity contribution >= 4 is 23.9 Å². The molecule has 0 aliphatic carbocycles. The fourth-order valence-electron chi connectivity index (χ4n) is 7.69. The van der Waals surface area contributed by atoms with Gasteiger partial charge in [0.2, 0.25) is 0 Å². The molecule has 1 heterocycles. The van der Waals surface area contributed by atoms with Crippen LogP contribution in [0.1, 0.15) is 201 Å². The number of carbonyl (C=O) groups is 4. The van der Waals surface area contributed by atoms with Crippen LogP contribution in [-0.2, 0) is 42.9 Å². The van der Waals surface area contributed by atoms with Crippen LogP contribution >= 0.6 is 0 Å². The summed E-state index contributed by atoms with van der Waals surface area (Å²) in [6, 6.07) is 0. The molecule has 0 bridgehead atoms. The molecule has 0 aromatic heterocycles. The zero-order chi connectivity index (χ0) is 54.7. The first-order valence-corrected chi connectivity index (χ1v) is 28.5. The maximum Gasteiger partial charge on any atom is 0.335 e. The second-order valence-electron chi connectivity index (χ2n) is 18.8. The highest BCUT2D eigenvalue weighted by Crippen LogP contribution is 2.26. The molecule has 3 N–H and O–H groups in total. The lowest BCUT2D eigenvalue weighted by Crippen LogP contribution is -2.61. The summed E-state index contributed by atoms with van der Waals surface area (Å²) in [7, 11) is 0. The minimum atomic E-state index is -1.94. The Labute approximate surface area is 452 Å². The topological polar surface area (TPSA) is 175 Å². The number of aliphatic hydroxyl groups is 2. The van der Waals surface area contributed by atoms with E-state index in [1.807, 2.05) is 18.2 Å². The van der Waals surface area contributed by atoms with Gasteiger partial charge in [0.1, 0.15) is 18.8 Å². The number of rotatable bonds is 46. The molecule has 75 heavy (non-hydrogen) atoms. The fraction of sp³-hybridized carbons (Fsp3) is 0.619. The number of hydrogen-bond donors (Lipinski definition) is 3. The maximum atomic E-state index is 13.1. The van der Waals surface area contributed by atoms with Gasteiger partial charge in [0.05, 0.1) is 6.61 Å². The summed E-state index contributed by atoms with van der Waals surface area (Å²) in [5.74, 6) is -3.30. The second-order valence-corrected chi connectivity index (χ2v) is 18.8. The molecule has 1 aliphatic rings. The third-order valence-electron chi connectivity index (χ3n) is 12.0. The number of esters is 3. The van der Waals surface area contributed by atoms with Crippen molar-refractivity contribution in [1.29, 1.82) is 0 Å². The van der Waals surface area contributed by atoms with Crippen molar-refractivity contribution in [3.63, 3.8) is 0 Å². The summed E-state index contributed by atoms with van der Waals surface area (Å²) in [6.45, 7) is 5.64. The van der Waals surface area contributed by atoms with Crippen LogP contribution < -0.4 is 0 Å². The van der Waals surface area contributed by atoms with E-state index in [-0.39, 0.29) is 25.9 Å². The van der Waals surface area contributed by atoms with Gasteiger partial charge in [-0.25, -0.2) is 4.79 Å². The van der Waals surface area contributed by atoms with Gasteiger partial charge >= 0.3 is 23.9 Å². The van der Waals surface area contributed by atoms with E-state index in [1.165, 1.54) is 19.3 Å². The number of aliphatic carboxylic acids is 1. The molecule has 0 radical (unpaired) electrons. The summed E-state index contributed by atoms with van der Waals surface area (Å²) in [4.78, 5) is 51.0. The van der Waals surface area contributed by atoms with Crippen molar-refractivity contribution in [2.45, 2.75) is 237 Å². The van der Waals surface area contributed by atoms with Gasteiger partial charge in [-0.3, -0.25) is 14.4 Å². The van der Waals surface area contributed by atoms with Crippen LogP contribution in [0.2, 0.25) is 0 Å². The van der Waals surface area contributed by atoms with Crippen molar-refractivity contribution in [3.8, 4) is 0 Å². The number of ether oxygens (including phenoxy) is 5. The van der Waals surface area contributed by atoms with Crippen LogP contribution in [0.3, 0.4) is 0 Å². The van der Waals surface area contributed by atoms with Gasteiger partial charge in [-0.15, -0.1) is 0 Å². The fourth-order valence-corrected chi connectivity index (χ4v) is 7.69. The standard InChI is InChI=1S/C63H98O12/c1-4-7-10-13-16-19-22-25-27-28-30-32-34-37-40-43-46-49-55(64)71-52-54(73-56(65)50-47-44-41-38-36-33-29-26-23-20-17-14-11-8-5-2)53-72-63-61(59(68)58(67)60(75-63)62(69)70)74-57(66)51-48-45-42-39-35-31-24-21-18-15-12-9-6-3/h7,9-10,12,16-21,25-27,29-32,35,42,45,54,58-61,63,67-68H,4-6,8,11,13-15,22-24,28,33-34,36-41,43-44,46-53H2,1-3H3,(H,69,70)/b10-7-,12-9-,19-16-,20-17-,21-18-,27-25-,29-26-,32-30-,35-31-,45-42-. The number of carboxylic acid groups (broad SMARTS) is 1. The average molecular weight is 1050 g/mol. The number of hydrogen-bond acceptors (Lipinski definition) is 11. The Morgan fingerprint density at radius 3 is 1.33 bits per heavy atom. The van der Waals surface area contributed by atoms with Gasteiger partial charge in [0, 0.05) is 19.3 Å². The predicted molar refractivity (Wildman–Crippen MR) is 303 cm³/mol. The molecule has 12 heteroatoms. The first-order chi connectivity index (χ1) is 36.6. The van der Waals surface area contributed by atoms with Crippen LogP contribution in [0.25, 0.3) is 0 Å². The lowest BCUT2D eigenvalue weighted by atomic mass is 9.98. The molecule has 1 aliphatic heterocycles. The van der Waals surface area contributed by atoms with Gasteiger partial charge < -0.3 is 39.0 Å².